The maximum atomic E-state index is 11.8. The lowest BCUT2D eigenvalue weighted by atomic mass is 9.54. The summed E-state index contributed by atoms with van der Waals surface area (Å²) in [5.41, 5.74) is 19.4. The molecule has 6 unspecified atom stereocenters. The Balaban J connectivity index is 1.65. The van der Waals surface area contributed by atoms with Gasteiger partial charge in [0.1, 0.15) is 5.60 Å². The quantitative estimate of drug-likeness (QED) is 0.609. The summed E-state index contributed by atoms with van der Waals surface area (Å²) in [5.74, 6) is 0.415. The van der Waals surface area contributed by atoms with Crippen LogP contribution >= 0.6 is 0 Å². The van der Waals surface area contributed by atoms with Gasteiger partial charge in [-0.25, -0.2) is 0 Å². The normalized spacial score (nSPS) is 56.8. The van der Waals surface area contributed by atoms with Crippen molar-refractivity contribution in [2.75, 3.05) is 0 Å². The van der Waals surface area contributed by atoms with E-state index in [9.17, 15) is 4.79 Å². The number of hydrogen-bond acceptors (Lipinski definition) is 5. The second kappa shape index (κ2) is 3.97. The highest BCUT2D eigenvalue weighted by Gasteiger charge is 2.74. The van der Waals surface area contributed by atoms with E-state index in [1.54, 1.807) is 12.2 Å². The van der Waals surface area contributed by atoms with Gasteiger partial charge in [0.05, 0.1) is 16.7 Å². The molecule has 5 rings (SSSR count). The van der Waals surface area contributed by atoms with Gasteiger partial charge in [-0.15, -0.1) is 0 Å². The summed E-state index contributed by atoms with van der Waals surface area (Å²) in [4.78, 5) is 11.8. The second-order valence-corrected chi connectivity index (χ2v) is 8.38. The smallest absolute Gasteiger partial charge is 0.178 e. The molecule has 3 aliphatic carbocycles. The molecule has 2 heterocycles. The number of carbonyl (C=O) groups excluding carboxylic acids is 1. The number of ether oxygens (including phenoxy) is 1. The van der Waals surface area contributed by atoms with Crippen LogP contribution in [0.3, 0.4) is 0 Å². The molecule has 2 aliphatic heterocycles. The standard InChI is InChI=1S/C18H25N3O2/c19-14-3-6-18(21)16(14,20)5-1-11-9-12-10-13(22)2-4-15(12)7-8-17(11,18)23-15/h2,4,10-11,14H,1,3,5-9,19-21H2. The highest BCUT2D eigenvalue weighted by atomic mass is 16.5. The van der Waals surface area contributed by atoms with Crippen LogP contribution in [-0.4, -0.2) is 34.1 Å². The summed E-state index contributed by atoms with van der Waals surface area (Å²) in [7, 11) is 0. The van der Waals surface area contributed by atoms with Crippen molar-refractivity contribution in [3.63, 3.8) is 0 Å². The predicted molar refractivity (Wildman–Crippen MR) is 86.4 cm³/mol. The van der Waals surface area contributed by atoms with Crippen LogP contribution in [0.4, 0.5) is 0 Å². The van der Waals surface area contributed by atoms with E-state index in [1.807, 2.05) is 6.08 Å². The first kappa shape index (κ1) is 14.3. The van der Waals surface area contributed by atoms with E-state index < -0.39 is 22.3 Å². The lowest BCUT2D eigenvalue weighted by Gasteiger charge is -2.62. The van der Waals surface area contributed by atoms with Gasteiger partial charge in [-0.05, 0) is 74.7 Å². The zero-order valence-electron chi connectivity index (χ0n) is 13.4. The van der Waals surface area contributed by atoms with E-state index in [2.05, 4.69) is 0 Å². The van der Waals surface area contributed by atoms with Gasteiger partial charge in [-0.2, -0.15) is 0 Å². The Morgan fingerprint density at radius 2 is 1.96 bits per heavy atom. The average Bonchev–Trinajstić information content (AvgIpc) is 2.98. The molecule has 6 atom stereocenters. The number of hydrogen-bond donors (Lipinski definition) is 3. The topological polar surface area (TPSA) is 104 Å². The zero-order chi connectivity index (χ0) is 16.1. The predicted octanol–water partition coefficient (Wildman–Crippen LogP) is 0.670. The molecule has 6 N–H and O–H groups in total. The summed E-state index contributed by atoms with van der Waals surface area (Å²) < 4.78 is 6.79. The van der Waals surface area contributed by atoms with Crippen molar-refractivity contribution in [1.82, 2.24) is 0 Å². The molecular weight excluding hydrogens is 290 g/mol. The molecule has 2 bridgehead atoms. The SMILES string of the molecule is NC1CCC2(N)C1(N)CCC1CC3=CC(=O)C=CC34CCC12O4. The van der Waals surface area contributed by atoms with E-state index in [0.29, 0.717) is 5.92 Å². The van der Waals surface area contributed by atoms with E-state index in [-0.39, 0.29) is 11.8 Å². The molecule has 0 aromatic rings. The van der Waals surface area contributed by atoms with E-state index >= 15 is 0 Å². The van der Waals surface area contributed by atoms with Crippen molar-refractivity contribution in [1.29, 1.82) is 0 Å². The summed E-state index contributed by atoms with van der Waals surface area (Å²) >= 11 is 0. The molecule has 0 aromatic carbocycles. The van der Waals surface area contributed by atoms with Gasteiger partial charge >= 0.3 is 0 Å². The van der Waals surface area contributed by atoms with Crippen LogP contribution in [0, 0.1) is 5.92 Å². The van der Waals surface area contributed by atoms with Crippen LogP contribution in [-0.2, 0) is 9.53 Å². The average molecular weight is 315 g/mol. The van der Waals surface area contributed by atoms with Crippen LogP contribution in [0.5, 0.6) is 0 Å². The van der Waals surface area contributed by atoms with Crippen molar-refractivity contribution in [3.8, 4) is 0 Å². The van der Waals surface area contributed by atoms with Crippen LogP contribution in [0.15, 0.2) is 23.8 Å². The summed E-state index contributed by atoms with van der Waals surface area (Å²) in [5, 5.41) is 0. The van der Waals surface area contributed by atoms with Crippen molar-refractivity contribution < 1.29 is 9.53 Å². The first-order chi connectivity index (χ1) is 10.9. The monoisotopic (exact) mass is 315 g/mol. The van der Waals surface area contributed by atoms with E-state index in [1.165, 1.54) is 0 Å². The molecule has 0 radical (unpaired) electrons. The van der Waals surface area contributed by atoms with Gasteiger partial charge in [-0.3, -0.25) is 4.79 Å². The van der Waals surface area contributed by atoms with Crippen LogP contribution in [0.1, 0.15) is 44.9 Å². The molecule has 4 fully saturated rings. The second-order valence-electron chi connectivity index (χ2n) is 8.38. The zero-order valence-corrected chi connectivity index (χ0v) is 13.4. The number of nitrogens with two attached hydrogens (primary N) is 3. The lowest BCUT2D eigenvalue weighted by molar-refractivity contribution is -0.193. The maximum absolute atomic E-state index is 11.8. The Morgan fingerprint density at radius 1 is 1.13 bits per heavy atom. The van der Waals surface area contributed by atoms with Gasteiger partial charge in [0.2, 0.25) is 0 Å². The number of allylic oxidation sites excluding steroid dienone is 2. The largest absolute Gasteiger partial charge is 0.358 e. The number of ketones is 1. The minimum Gasteiger partial charge on any atom is -0.358 e. The number of rotatable bonds is 0. The highest BCUT2D eigenvalue weighted by molar-refractivity contribution is 6.01. The molecule has 0 amide bonds. The van der Waals surface area contributed by atoms with Gasteiger partial charge in [-0.1, -0.05) is 0 Å². The third kappa shape index (κ3) is 1.38. The minimum atomic E-state index is -0.563. The van der Waals surface area contributed by atoms with Gasteiger partial charge in [0.15, 0.2) is 5.78 Å². The molecule has 124 valence electrons. The van der Waals surface area contributed by atoms with Gasteiger partial charge in [0.25, 0.3) is 0 Å². The summed E-state index contributed by atoms with van der Waals surface area (Å²) in [6.45, 7) is 0. The Hall–Kier alpha value is -1.01. The maximum Gasteiger partial charge on any atom is 0.178 e. The Bertz CT molecular complexity index is 673. The molecule has 5 heteroatoms. The number of fused-ring (bicyclic) bond motifs is 1. The van der Waals surface area contributed by atoms with Crippen molar-refractivity contribution in [3.05, 3.63) is 23.8 Å². The fourth-order valence-electron chi connectivity index (χ4n) is 6.40. The first-order valence-corrected chi connectivity index (χ1v) is 8.83. The lowest BCUT2D eigenvalue weighted by Crippen LogP contribution is -2.81. The Kier molecular flexibility index (Phi) is 2.47. The van der Waals surface area contributed by atoms with Crippen LogP contribution < -0.4 is 17.2 Å². The number of carbonyl (C=O) groups is 1. The van der Waals surface area contributed by atoms with Crippen molar-refractivity contribution >= 4 is 5.78 Å². The van der Waals surface area contributed by atoms with E-state index in [0.717, 1.165) is 50.5 Å². The molecule has 5 aliphatic rings. The van der Waals surface area contributed by atoms with E-state index in [4.69, 9.17) is 21.9 Å². The Labute approximate surface area is 136 Å². The summed E-state index contributed by atoms with van der Waals surface area (Å²) in [6.07, 6.45) is 11.6. The fourth-order valence-corrected chi connectivity index (χ4v) is 6.40. The molecule has 23 heavy (non-hydrogen) atoms. The third-order valence-electron chi connectivity index (χ3n) is 7.74. The first-order valence-electron chi connectivity index (χ1n) is 8.83. The van der Waals surface area contributed by atoms with Crippen LogP contribution in [0.25, 0.3) is 0 Å². The third-order valence-corrected chi connectivity index (χ3v) is 7.74. The van der Waals surface area contributed by atoms with Gasteiger partial charge in [0, 0.05) is 6.04 Å². The highest BCUT2D eigenvalue weighted by Crippen LogP contribution is 2.65. The van der Waals surface area contributed by atoms with Crippen molar-refractivity contribution in [2.45, 2.75) is 73.3 Å². The molecule has 0 aromatic heterocycles. The van der Waals surface area contributed by atoms with Crippen LogP contribution in [0.2, 0.25) is 0 Å². The Morgan fingerprint density at radius 3 is 2.78 bits per heavy atom. The molecule has 2 saturated heterocycles. The molecule has 2 spiro atoms. The molecular formula is C18H25N3O2. The minimum absolute atomic E-state index is 0.0524. The molecule has 2 saturated carbocycles. The van der Waals surface area contributed by atoms with Gasteiger partial charge < -0.3 is 21.9 Å². The fraction of sp³-hybridized carbons (Fsp3) is 0.722. The van der Waals surface area contributed by atoms with Crippen molar-refractivity contribution in [2.24, 2.45) is 23.1 Å². The summed E-state index contributed by atoms with van der Waals surface area (Å²) in [6, 6.07) is -0.0524. The molecule has 5 nitrogen and oxygen atoms in total.